The molecule has 0 aliphatic carbocycles. The van der Waals surface area contributed by atoms with Crippen molar-refractivity contribution in [1.29, 1.82) is 0 Å². The number of rotatable bonds is 7. The highest BCUT2D eigenvalue weighted by Gasteiger charge is 2.35. The molecule has 1 aliphatic heterocycles. The molecular weight excluding hydrogens is 296 g/mol. The smallest absolute Gasteiger partial charge is 0.313 e. The van der Waals surface area contributed by atoms with E-state index in [0.717, 1.165) is 11.8 Å². The van der Waals surface area contributed by atoms with Crippen LogP contribution in [0.1, 0.15) is 20.3 Å². The first-order valence-corrected chi connectivity index (χ1v) is 7.89. The maximum absolute atomic E-state index is 11.9. The number of likely N-dealkylation sites (tertiary alicyclic amines) is 1. The zero-order valence-corrected chi connectivity index (χ0v) is 12.9. The van der Waals surface area contributed by atoms with E-state index in [2.05, 4.69) is 5.32 Å². The first-order chi connectivity index (χ1) is 9.82. The molecule has 3 amide bonds. The molecule has 1 saturated heterocycles. The average molecular weight is 316 g/mol. The maximum atomic E-state index is 11.9. The lowest BCUT2D eigenvalue weighted by Crippen LogP contribution is -2.50. The van der Waals surface area contributed by atoms with Gasteiger partial charge in [0.1, 0.15) is 0 Å². The Morgan fingerprint density at radius 3 is 2.33 bits per heavy atom. The van der Waals surface area contributed by atoms with Crippen molar-refractivity contribution in [2.45, 2.75) is 20.3 Å². The monoisotopic (exact) mass is 316 g/mol. The Morgan fingerprint density at radius 2 is 1.81 bits per heavy atom. The molecule has 0 bridgehead atoms. The normalized spacial score (nSPS) is 22.3. The van der Waals surface area contributed by atoms with Crippen molar-refractivity contribution in [2.24, 2.45) is 11.8 Å². The summed E-state index contributed by atoms with van der Waals surface area (Å²) in [7, 11) is 0. The number of carbonyl (C=O) groups excluding carboxylic acids is 3. The van der Waals surface area contributed by atoms with Crippen LogP contribution in [0.15, 0.2) is 0 Å². The molecule has 2 N–H and O–H groups in total. The van der Waals surface area contributed by atoms with E-state index in [-0.39, 0.29) is 54.2 Å². The molecule has 0 aromatic heterocycles. The van der Waals surface area contributed by atoms with Crippen LogP contribution in [0, 0.1) is 11.8 Å². The molecule has 0 aromatic rings. The van der Waals surface area contributed by atoms with Gasteiger partial charge in [-0.05, 0) is 6.42 Å². The van der Waals surface area contributed by atoms with Gasteiger partial charge in [-0.1, -0.05) is 13.8 Å². The SMILES string of the molecule is CC1CC(C)C(=O)N(CCNC(=O)CSCC(=O)O)C1=O. The third-order valence-electron chi connectivity index (χ3n) is 3.20. The molecule has 21 heavy (non-hydrogen) atoms. The van der Waals surface area contributed by atoms with Gasteiger partial charge in [0.15, 0.2) is 0 Å². The Labute approximate surface area is 127 Å². The fourth-order valence-electron chi connectivity index (χ4n) is 2.18. The Kier molecular flexibility index (Phi) is 6.67. The minimum atomic E-state index is -0.972. The average Bonchev–Trinajstić information content (AvgIpc) is 2.40. The van der Waals surface area contributed by atoms with Crippen molar-refractivity contribution in [1.82, 2.24) is 10.2 Å². The van der Waals surface area contributed by atoms with Crippen LogP contribution < -0.4 is 5.32 Å². The second kappa shape index (κ2) is 8.02. The van der Waals surface area contributed by atoms with E-state index >= 15 is 0 Å². The van der Waals surface area contributed by atoms with Crippen molar-refractivity contribution < 1.29 is 24.3 Å². The number of piperidine rings is 1. The third-order valence-corrected chi connectivity index (χ3v) is 4.12. The van der Waals surface area contributed by atoms with Gasteiger partial charge in [0.2, 0.25) is 17.7 Å². The summed E-state index contributed by atoms with van der Waals surface area (Å²) in [6.07, 6.45) is 0.562. The van der Waals surface area contributed by atoms with Gasteiger partial charge in [0.25, 0.3) is 0 Å². The number of carbonyl (C=O) groups is 4. The van der Waals surface area contributed by atoms with E-state index in [1.165, 1.54) is 4.90 Å². The van der Waals surface area contributed by atoms with E-state index in [4.69, 9.17) is 5.11 Å². The van der Waals surface area contributed by atoms with Gasteiger partial charge >= 0.3 is 5.97 Å². The lowest BCUT2D eigenvalue weighted by molar-refractivity contribution is -0.154. The number of nitrogens with one attached hydrogen (secondary N) is 1. The van der Waals surface area contributed by atoms with Crippen molar-refractivity contribution in [3.63, 3.8) is 0 Å². The number of thioether (sulfide) groups is 1. The Hall–Kier alpha value is -1.57. The molecule has 8 heteroatoms. The quantitative estimate of drug-likeness (QED) is 0.638. The van der Waals surface area contributed by atoms with E-state index in [1.807, 2.05) is 0 Å². The molecule has 0 spiro atoms. The van der Waals surface area contributed by atoms with Crippen molar-refractivity contribution in [2.75, 3.05) is 24.6 Å². The van der Waals surface area contributed by atoms with Gasteiger partial charge < -0.3 is 10.4 Å². The van der Waals surface area contributed by atoms with Gasteiger partial charge in [-0.15, -0.1) is 11.8 Å². The summed E-state index contributed by atoms with van der Waals surface area (Å²) in [5, 5.41) is 11.0. The molecule has 0 saturated carbocycles. The summed E-state index contributed by atoms with van der Waals surface area (Å²) < 4.78 is 0. The fraction of sp³-hybridized carbons (Fsp3) is 0.692. The van der Waals surface area contributed by atoms with E-state index < -0.39 is 5.97 Å². The standard InChI is InChI=1S/C13H20N2O5S/c1-8-5-9(2)13(20)15(12(8)19)4-3-14-10(16)6-21-7-11(17)18/h8-9H,3-7H2,1-2H3,(H,14,16)(H,17,18). The molecule has 1 heterocycles. The van der Waals surface area contributed by atoms with Crippen molar-refractivity contribution in [3.05, 3.63) is 0 Å². The van der Waals surface area contributed by atoms with Crippen LogP contribution in [0.4, 0.5) is 0 Å². The van der Waals surface area contributed by atoms with Crippen LogP contribution >= 0.6 is 11.8 Å². The molecule has 0 aromatic carbocycles. The molecule has 118 valence electrons. The molecule has 2 atom stereocenters. The lowest BCUT2D eigenvalue weighted by atomic mass is 9.90. The lowest BCUT2D eigenvalue weighted by Gasteiger charge is -2.32. The number of amides is 3. The topological polar surface area (TPSA) is 104 Å². The summed E-state index contributed by atoms with van der Waals surface area (Å²) in [5.41, 5.74) is 0. The minimum Gasteiger partial charge on any atom is -0.481 e. The Bertz CT molecular complexity index is 420. The van der Waals surface area contributed by atoms with Crippen LogP contribution in [0.5, 0.6) is 0 Å². The molecular formula is C13H20N2O5S. The highest BCUT2D eigenvalue weighted by atomic mass is 32.2. The predicted octanol–water partition coefficient (Wildman–Crippen LogP) is -0.0485. The first-order valence-electron chi connectivity index (χ1n) is 6.74. The van der Waals surface area contributed by atoms with Crippen molar-refractivity contribution in [3.8, 4) is 0 Å². The molecule has 0 radical (unpaired) electrons. The minimum absolute atomic E-state index is 0.0427. The number of carboxylic acid groups (broad SMARTS) is 1. The number of hydrogen-bond donors (Lipinski definition) is 2. The zero-order valence-electron chi connectivity index (χ0n) is 12.1. The number of nitrogens with zero attached hydrogens (tertiary/aromatic N) is 1. The van der Waals surface area contributed by atoms with E-state index in [0.29, 0.717) is 6.42 Å². The van der Waals surface area contributed by atoms with Crippen LogP contribution in [0.2, 0.25) is 0 Å². The van der Waals surface area contributed by atoms with Gasteiger partial charge in [-0.2, -0.15) is 0 Å². The van der Waals surface area contributed by atoms with Crippen LogP contribution in [0.25, 0.3) is 0 Å². The van der Waals surface area contributed by atoms with Crippen molar-refractivity contribution >= 4 is 35.5 Å². The van der Waals surface area contributed by atoms with E-state index in [1.54, 1.807) is 13.8 Å². The summed E-state index contributed by atoms with van der Waals surface area (Å²) in [6, 6.07) is 0. The molecule has 1 rings (SSSR count). The number of imide groups is 1. The van der Waals surface area contributed by atoms with Crippen LogP contribution in [-0.2, 0) is 19.2 Å². The maximum Gasteiger partial charge on any atom is 0.313 e. The summed E-state index contributed by atoms with van der Waals surface area (Å²) in [6.45, 7) is 3.92. The third kappa shape index (κ3) is 5.37. The fourth-order valence-corrected chi connectivity index (χ4v) is 2.75. The number of hydrogen-bond acceptors (Lipinski definition) is 5. The molecule has 1 fully saturated rings. The largest absolute Gasteiger partial charge is 0.481 e. The zero-order chi connectivity index (χ0) is 16.0. The Morgan fingerprint density at radius 1 is 1.24 bits per heavy atom. The molecule has 7 nitrogen and oxygen atoms in total. The summed E-state index contributed by atoms with van der Waals surface area (Å²) in [4.78, 5) is 46.8. The second-order valence-electron chi connectivity index (χ2n) is 5.10. The second-order valence-corrected chi connectivity index (χ2v) is 6.09. The first kappa shape index (κ1) is 17.5. The van der Waals surface area contributed by atoms with Crippen LogP contribution in [-0.4, -0.2) is 58.3 Å². The highest BCUT2D eigenvalue weighted by molar-refractivity contribution is 8.00. The van der Waals surface area contributed by atoms with Gasteiger partial charge in [0.05, 0.1) is 11.5 Å². The van der Waals surface area contributed by atoms with Gasteiger partial charge in [-0.25, -0.2) is 0 Å². The van der Waals surface area contributed by atoms with Gasteiger partial charge in [-0.3, -0.25) is 24.1 Å². The number of aliphatic carboxylic acids is 1. The highest BCUT2D eigenvalue weighted by Crippen LogP contribution is 2.23. The van der Waals surface area contributed by atoms with Gasteiger partial charge in [0, 0.05) is 24.9 Å². The predicted molar refractivity (Wildman–Crippen MR) is 77.6 cm³/mol. The Balaban J connectivity index is 2.33. The summed E-state index contributed by atoms with van der Waals surface area (Å²) >= 11 is 0.998. The molecule has 2 unspecified atom stereocenters. The van der Waals surface area contributed by atoms with E-state index in [9.17, 15) is 19.2 Å². The van der Waals surface area contributed by atoms with Crippen LogP contribution in [0.3, 0.4) is 0 Å². The molecule has 1 aliphatic rings. The number of carboxylic acids is 1. The summed E-state index contributed by atoms with van der Waals surface area (Å²) in [5.74, 6) is -2.13.